The Labute approximate surface area is 128 Å². The molecule has 2 rings (SSSR count). The zero-order valence-corrected chi connectivity index (χ0v) is 13.2. The summed E-state index contributed by atoms with van der Waals surface area (Å²) in [4.78, 5) is 13.5. The molecule has 2 N–H and O–H groups in total. The highest BCUT2D eigenvalue weighted by atomic mass is 35.5. The Kier molecular flexibility index (Phi) is 5.32. The minimum atomic E-state index is -0.740. The molecule has 0 spiro atoms. The van der Waals surface area contributed by atoms with Gasteiger partial charge in [-0.15, -0.1) is 11.8 Å². The number of rotatable bonds is 4. The lowest BCUT2D eigenvalue weighted by atomic mass is 9.91. The second kappa shape index (κ2) is 6.80. The molecule has 1 saturated heterocycles. The van der Waals surface area contributed by atoms with Crippen LogP contribution in [0.2, 0.25) is 5.02 Å². The maximum atomic E-state index is 12.5. The summed E-state index contributed by atoms with van der Waals surface area (Å²) in [6.07, 6.45) is 3.31. The van der Waals surface area contributed by atoms with E-state index in [1.54, 1.807) is 24.9 Å². The first-order chi connectivity index (χ1) is 9.61. The number of halogens is 1. The fourth-order valence-corrected chi connectivity index (χ4v) is 3.21. The van der Waals surface area contributed by atoms with Crippen molar-refractivity contribution in [1.82, 2.24) is 5.32 Å². The molecule has 0 aromatic heterocycles. The first-order valence-corrected chi connectivity index (χ1v) is 8.12. The van der Waals surface area contributed by atoms with Gasteiger partial charge >= 0.3 is 0 Å². The highest BCUT2D eigenvalue weighted by molar-refractivity contribution is 7.98. The molecular weight excluding hydrogens is 296 g/mol. The van der Waals surface area contributed by atoms with Crippen LogP contribution in [0, 0.1) is 0 Å². The largest absolute Gasteiger partial charge is 0.368 e. The molecule has 0 atom stereocenters. The van der Waals surface area contributed by atoms with Crippen LogP contribution in [0.1, 0.15) is 12.8 Å². The van der Waals surface area contributed by atoms with E-state index in [4.69, 9.17) is 16.3 Å². The van der Waals surface area contributed by atoms with E-state index in [1.165, 1.54) is 0 Å². The van der Waals surface area contributed by atoms with Gasteiger partial charge in [0.2, 0.25) is 0 Å². The van der Waals surface area contributed by atoms with Crippen molar-refractivity contribution in [2.75, 3.05) is 31.8 Å². The lowest BCUT2D eigenvalue weighted by Crippen LogP contribution is -2.51. The van der Waals surface area contributed by atoms with Gasteiger partial charge in [0.1, 0.15) is 5.60 Å². The van der Waals surface area contributed by atoms with E-state index in [2.05, 4.69) is 10.6 Å². The normalized spacial score (nSPS) is 17.8. The van der Waals surface area contributed by atoms with Crippen molar-refractivity contribution in [3.8, 4) is 0 Å². The topological polar surface area (TPSA) is 50.4 Å². The van der Waals surface area contributed by atoms with E-state index in [1.807, 2.05) is 18.4 Å². The standard InChI is InChI=1S/C14H19ClN2O2S/c1-19-14(5-7-16-8-6-14)13(18)17-10-3-4-12(20-2)11(15)9-10/h3-4,9,16H,5-8H2,1-2H3,(H,17,18). The lowest BCUT2D eigenvalue weighted by molar-refractivity contribution is -0.140. The molecule has 6 heteroatoms. The fraction of sp³-hybridized carbons (Fsp3) is 0.500. The van der Waals surface area contributed by atoms with Crippen molar-refractivity contribution in [3.05, 3.63) is 23.2 Å². The molecule has 1 amide bonds. The second-order valence-electron chi connectivity index (χ2n) is 4.75. The molecule has 1 fully saturated rings. The zero-order chi connectivity index (χ0) is 14.6. The van der Waals surface area contributed by atoms with Crippen LogP contribution in [0.5, 0.6) is 0 Å². The summed E-state index contributed by atoms with van der Waals surface area (Å²) in [5, 5.41) is 6.79. The minimum Gasteiger partial charge on any atom is -0.368 e. The molecule has 1 aromatic rings. The fourth-order valence-electron chi connectivity index (χ4n) is 2.34. The number of thioether (sulfide) groups is 1. The van der Waals surface area contributed by atoms with Crippen LogP contribution in [0.4, 0.5) is 5.69 Å². The van der Waals surface area contributed by atoms with Gasteiger partial charge < -0.3 is 15.4 Å². The first-order valence-electron chi connectivity index (χ1n) is 6.52. The smallest absolute Gasteiger partial charge is 0.256 e. The highest BCUT2D eigenvalue weighted by Gasteiger charge is 2.39. The Bertz CT molecular complexity index is 490. The maximum Gasteiger partial charge on any atom is 0.256 e. The predicted octanol–water partition coefficient (Wildman–Crippen LogP) is 2.77. The Morgan fingerprint density at radius 2 is 2.15 bits per heavy atom. The van der Waals surface area contributed by atoms with Crippen molar-refractivity contribution >= 4 is 35.0 Å². The van der Waals surface area contributed by atoms with Gasteiger partial charge in [0, 0.05) is 17.7 Å². The monoisotopic (exact) mass is 314 g/mol. The van der Waals surface area contributed by atoms with Crippen LogP contribution < -0.4 is 10.6 Å². The molecule has 0 radical (unpaired) electrons. The number of carbonyl (C=O) groups is 1. The lowest BCUT2D eigenvalue weighted by Gasteiger charge is -2.34. The van der Waals surface area contributed by atoms with Crippen molar-refractivity contribution in [1.29, 1.82) is 0 Å². The molecule has 0 unspecified atom stereocenters. The summed E-state index contributed by atoms with van der Waals surface area (Å²) in [7, 11) is 1.59. The number of nitrogens with one attached hydrogen (secondary N) is 2. The van der Waals surface area contributed by atoms with E-state index in [-0.39, 0.29) is 5.91 Å². The molecule has 4 nitrogen and oxygen atoms in total. The van der Waals surface area contributed by atoms with E-state index in [0.717, 1.165) is 18.0 Å². The second-order valence-corrected chi connectivity index (χ2v) is 6.01. The number of ether oxygens (including phenoxy) is 1. The Balaban J connectivity index is 2.12. The van der Waals surface area contributed by atoms with E-state index in [9.17, 15) is 4.79 Å². The van der Waals surface area contributed by atoms with Gasteiger partial charge in [-0.2, -0.15) is 0 Å². The number of hydrogen-bond acceptors (Lipinski definition) is 4. The van der Waals surface area contributed by atoms with E-state index < -0.39 is 5.60 Å². The van der Waals surface area contributed by atoms with Crippen molar-refractivity contribution in [3.63, 3.8) is 0 Å². The average Bonchev–Trinajstić information content (AvgIpc) is 2.48. The van der Waals surface area contributed by atoms with Gasteiger partial charge in [0.15, 0.2) is 0 Å². The molecule has 0 bridgehead atoms. The summed E-state index contributed by atoms with van der Waals surface area (Å²) in [5.41, 5.74) is -0.0385. The van der Waals surface area contributed by atoms with Crippen LogP contribution in [-0.4, -0.2) is 38.0 Å². The summed E-state index contributed by atoms with van der Waals surface area (Å²) in [5.74, 6) is -0.102. The van der Waals surface area contributed by atoms with Gasteiger partial charge in [-0.3, -0.25) is 4.79 Å². The zero-order valence-electron chi connectivity index (χ0n) is 11.7. The van der Waals surface area contributed by atoms with Crippen molar-refractivity contribution < 1.29 is 9.53 Å². The van der Waals surface area contributed by atoms with Gasteiger partial charge in [0.25, 0.3) is 5.91 Å². The van der Waals surface area contributed by atoms with Gasteiger partial charge in [0.05, 0.1) is 5.02 Å². The number of amides is 1. The molecule has 110 valence electrons. The minimum absolute atomic E-state index is 0.102. The Morgan fingerprint density at radius 1 is 1.45 bits per heavy atom. The predicted molar refractivity (Wildman–Crippen MR) is 83.7 cm³/mol. The third-order valence-corrected chi connectivity index (χ3v) is 4.85. The van der Waals surface area contributed by atoms with E-state index in [0.29, 0.717) is 23.6 Å². The van der Waals surface area contributed by atoms with Crippen LogP contribution in [-0.2, 0) is 9.53 Å². The number of anilines is 1. The molecule has 1 heterocycles. The van der Waals surface area contributed by atoms with Crippen molar-refractivity contribution in [2.24, 2.45) is 0 Å². The maximum absolute atomic E-state index is 12.5. The van der Waals surface area contributed by atoms with Crippen LogP contribution >= 0.6 is 23.4 Å². The number of carbonyl (C=O) groups excluding carboxylic acids is 1. The first kappa shape index (κ1) is 15.6. The summed E-state index contributed by atoms with van der Waals surface area (Å²) in [6.45, 7) is 1.57. The quantitative estimate of drug-likeness (QED) is 0.839. The highest BCUT2D eigenvalue weighted by Crippen LogP contribution is 2.29. The van der Waals surface area contributed by atoms with Crippen LogP contribution in [0.25, 0.3) is 0 Å². The number of piperidine rings is 1. The molecule has 0 saturated carbocycles. The third kappa shape index (κ3) is 3.28. The average molecular weight is 315 g/mol. The van der Waals surface area contributed by atoms with Crippen LogP contribution in [0.3, 0.4) is 0 Å². The Hall–Kier alpha value is -0.750. The van der Waals surface area contributed by atoms with Gasteiger partial charge in [-0.1, -0.05) is 11.6 Å². The number of methoxy groups -OCH3 is 1. The Morgan fingerprint density at radius 3 is 2.70 bits per heavy atom. The van der Waals surface area contributed by atoms with Crippen molar-refractivity contribution in [2.45, 2.75) is 23.3 Å². The van der Waals surface area contributed by atoms with Crippen LogP contribution in [0.15, 0.2) is 23.1 Å². The summed E-state index contributed by atoms with van der Waals surface area (Å²) in [6, 6.07) is 5.54. The molecule has 1 aliphatic rings. The summed E-state index contributed by atoms with van der Waals surface area (Å²) >= 11 is 7.73. The molecule has 1 aromatic carbocycles. The third-order valence-electron chi connectivity index (χ3n) is 3.63. The SMILES string of the molecule is COC1(C(=O)Nc2ccc(SC)c(Cl)c2)CCNCC1. The number of hydrogen-bond donors (Lipinski definition) is 2. The van der Waals surface area contributed by atoms with E-state index >= 15 is 0 Å². The van der Waals surface area contributed by atoms with Gasteiger partial charge in [-0.05, 0) is 50.4 Å². The molecular formula is C14H19ClN2O2S. The molecule has 0 aliphatic carbocycles. The molecule has 1 aliphatic heterocycles. The summed E-state index contributed by atoms with van der Waals surface area (Å²) < 4.78 is 5.50. The molecule has 20 heavy (non-hydrogen) atoms. The van der Waals surface area contributed by atoms with Gasteiger partial charge in [-0.25, -0.2) is 0 Å². The number of benzene rings is 1.